The van der Waals surface area contributed by atoms with E-state index in [0.717, 1.165) is 6.29 Å². The number of nitro benzene ring substituents is 1. The first-order valence-electron chi connectivity index (χ1n) is 9.07. The molecule has 1 aromatic carbocycles. The van der Waals surface area contributed by atoms with Gasteiger partial charge in [0.1, 0.15) is 6.29 Å². The molecule has 0 aliphatic carbocycles. The molecule has 1 aromatic rings. The molecule has 1 unspecified atom stereocenters. The number of rotatable bonds is 9. The number of carbonyl (C=O) groups excluding carboxylic acids is 3. The van der Waals surface area contributed by atoms with Crippen LogP contribution in [-0.2, 0) is 23.9 Å². The average molecular weight is 434 g/mol. The highest BCUT2D eigenvalue weighted by atomic mass is 32.2. The number of hydrogen-bond donors (Lipinski definition) is 1. The summed E-state index contributed by atoms with van der Waals surface area (Å²) in [4.78, 5) is 46.9. The second-order valence-corrected chi connectivity index (χ2v) is 7.27. The van der Waals surface area contributed by atoms with Crippen LogP contribution < -0.4 is 5.32 Å². The van der Waals surface area contributed by atoms with Crippen molar-refractivity contribution in [3.05, 3.63) is 62.5 Å². The predicted octanol–water partition coefficient (Wildman–Crippen LogP) is 2.48. The van der Waals surface area contributed by atoms with Gasteiger partial charge in [-0.3, -0.25) is 10.1 Å². The van der Waals surface area contributed by atoms with Crippen LogP contribution in [0.1, 0.15) is 25.3 Å². The van der Waals surface area contributed by atoms with Crippen LogP contribution in [0.2, 0.25) is 0 Å². The Hall–Kier alpha value is -3.14. The van der Waals surface area contributed by atoms with Gasteiger partial charge in [0.15, 0.2) is 0 Å². The summed E-state index contributed by atoms with van der Waals surface area (Å²) >= 11 is 1.28. The molecule has 0 saturated heterocycles. The Bertz CT molecular complexity index is 923. The number of carbonyl (C=O) groups is 3. The molecule has 9 nitrogen and oxygen atoms in total. The van der Waals surface area contributed by atoms with Crippen molar-refractivity contribution in [1.29, 1.82) is 0 Å². The van der Waals surface area contributed by atoms with E-state index in [0.29, 0.717) is 17.0 Å². The van der Waals surface area contributed by atoms with Crippen molar-refractivity contribution in [1.82, 2.24) is 5.32 Å². The summed E-state index contributed by atoms with van der Waals surface area (Å²) in [6, 6.07) is 5.74. The number of nitrogens with zero attached hydrogens (tertiary/aromatic N) is 1. The number of aldehydes is 1. The molecule has 1 N–H and O–H groups in total. The first-order valence-corrected chi connectivity index (χ1v) is 10.2. The van der Waals surface area contributed by atoms with Crippen molar-refractivity contribution >= 4 is 35.7 Å². The first-order chi connectivity index (χ1) is 14.3. The zero-order chi connectivity index (χ0) is 22.3. The predicted molar refractivity (Wildman–Crippen MR) is 111 cm³/mol. The van der Waals surface area contributed by atoms with E-state index in [1.807, 2.05) is 0 Å². The van der Waals surface area contributed by atoms with Gasteiger partial charge in [-0.2, -0.15) is 0 Å². The molecule has 1 aliphatic rings. The molecule has 0 spiro atoms. The topological polar surface area (TPSA) is 125 Å². The van der Waals surface area contributed by atoms with E-state index in [1.54, 1.807) is 19.9 Å². The van der Waals surface area contributed by atoms with Crippen molar-refractivity contribution in [3.8, 4) is 0 Å². The van der Waals surface area contributed by atoms with Gasteiger partial charge in [0, 0.05) is 35.0 Å². The van der Waals surface area contributed by atoms with Gasteiger partial charge >= 0.3 is 11.9 Å². The Morgan fingerprint density at radius 1 is 1.30 bits per heavy atom. The van der Waals surface area contributed by atoms with Crippen molar-refractivity contribution in [2.24, 2.45) is 0 Å². The zero-order valence-electron chi connectivity index (χ0n) is 16.8. The SMILES string of the molecule is CCOC(=O)C1=C(CSCC=O)NC(C)=C(C(=O)OC)C1c1cccc([N+](=O)[O-])c1. The van der Waals surface area contributed by atoms with Crippen LogP contribution in [0.15, 0.2) is 46.8 Å². The minimum atomic E-state index is -0.926. The summed E-state index contributed by atoms with van der Waals surface area (Å²) in [6.45, 7) is 3.41. The van der Waals surface area contributed by atoms with Gasteiger partial charge in [0.2, 0.25) is 0 Å². The fourth-order valence-corrected chi connectivity index (χ4v) is 3.85. The van der Waals surface area contributed by atoms with Crippen LogP contribution in [0.25, 0.3) is 0 Å². The first kappa shape index (κ1) is 23.1. The van der Waals surface area contributed by atoms with Crippen LogP contribution in [-0.4, -0.2) is 48.4 Å². The molecule has 0 radical (unpaired) electrons. The summed E-state index contributed by atoms with van der Waals surface area (Å²) in [5.41, 5.74) is 1.45. The highest BCUT2D eigenvalue weighted by Crippen LogP contribution is 2.40. The number of non-ortho nitro benzene ring substituents is 1. The van der Waals surface area contributed by atoms with Gasteiger partial charge in [-0.1, -0.05) is 12.1 Å². The number of benzene rings is 1. The summed E-state index contributed by atoms with van der Waals surface area (Å²) in [7, 11) is 1.22. The standard InChI is InChI=1S/C20H22N2O7S/c1-4-29-20(25)18-15(11-30-9-8-23)21-12(2)16(19(24)28-3)17(18)13-6-5-7-14(10-13)22(26)27/h5-8,10,17,21H,4,9,11H2,1-3H3. The third-order valence-corrected chi connectivity index (χ3v) is 5.26. The zero-order valence-corrected chi connectivity index (χ0v) is 17.6. The van der Waals surface area contributed by atoms with Crippen molar-refractivity contribution in [3.63, 3.8) is 0 Å². The van der Waals surface area contributed by atoms with Crippen LogP contribution in [0.5, 0.6) is 0 Å². The third-order valence-electron chi connectivity index (χ3n) is 4.39. The van der Waals surface area contributed by atoms with Crippen molar-refractivity contribution in [2.45, 2.75) is 19.8 Å². The van der Waals surface area contributed by atoms with Crippen LogP contribution in [0.3, 0.4) is 0 Å². The summed E-state index contributed by atoms with van der Waals surface area (Å²) < 4.78 is 10.1. The molecule has 0 bridgehead atoms. The molecule has 0 aromatic heterocycles. The van der Waals surface area contributed by atoms with Crippen LogP contribution >= 0.6 is 11.8 Å². The molecule has 0 fully saturated rings. The molecule has 1 atom stereocenters. The highest BCUT2D eigenvalue weighted by molar-refractivity contribution is 8.00. The monoisotopic (exact) mass is 434 g/mol. The average Bonchev–Trinajstić information content (AvgIpc) is 2.73. The lowest BCUT2D eigenvalue weighted by atomic mass is 9.80. The van der Waals surface area contributed by atoms with E-state index in [1.165, 1.54) is 37.1 Å². The quantitative estimate of drug-likeness (QED) is 0.205. The number of hydrogen-bond acceptors (Lipinski definition) is 9. The molecule has 160 valence electrons. The summed E-state index contributed by atoms with van der Waals surface area (Å²) in [6.07, 6.45) is 0.749. The van der Waals surface area contributed by atoms with Gasteiger partial charge in [0.25, 0.3) is 5.69 Å². The molecule has 0 saturated carbocycles. The van der Waals surface area contributed by atoms with E-state index >= 15 is 0 Å². The number of nitro groups is 1. The minimum Gasteiger partial charge on any atom is -0.466 e. The smallest absolute Gasteiger partial charge is 0.336 e. The largest absolute Gasteiger partial charge is 0.466 e. The molecule has 0 amide bonds. The lowest BCUT2D eigenvalue weighted by Crippen LogP contribution is -2.34. The number of thioether (sulfide) groups is 1. The normalized spacial score (nSPS) is 16.0. The van der Waals surface area contributed by atoms with E-state index in [-0.39, 0.29) is 34.9 Å². The fourth-order valence-electron chi connectivity index (χ4n) is 3.20. The highest BCUT2D eigenvalue weighted by Gasteiger charge is 2.39. The molecule has 1 aliphatic heterocycles. The van der Waals surface area contributed by atoms with Crippen LogP contribution in [0.4, 0.5) is 5.69 Å². The number of nitrogens with one attached hydrogen (secondary N) is 1. The van der Waals surface area contributed by atoms with Crippen LogP contribution in [0, 0.1) is 10.1 Å². The van der Waals surface area contributed by atoms with Gasteiger partial charge in [-0.05, 0) is 19.4 Å². The number of allylic oxidation sites excluding steroid dienone is 1. The second-order valence-electron chi connectivity index (χ2n) is 6.23. The fraction of sp³-hybridized carbons (Fsp3) is 0.350. The molecule has 1 heterocycles. The van der Waals surface area contributed by atoms with E-state index in [4.69, 9.17) is 9.47 Å². The number of dihydropyridines is 1. The van der Waals surface area contributed by atoms with E-state index in [2.05, 4.69) is 5.32 Å². The lowest BCUT2D eigenvalue weighted by molar-refractivity contribution is -0.384. The van der Waals surface area contributed by atoms with Crippen molar-refractivity contribution < 1.29 is 28.8 Å². The minimum absolute atomic E-state index is 0.106. The molecule has 30 heavy (non-hydrogen) atoms. The van der Waals surface area contributed by atoms with E-state index < -0.39 is 22.8 Å². The number of methoxy groups -OCH3 is 1. The number of esters is 2. The van der Waals surface area contributed by atoms with Gasteiger partial charge in [0.05, 0.1) is 35.7 Å². The Kier molecular flexibility index (Phi) is 8.16. The Balaban J connectivity index is 2.72. The summed E-state index contributed by atoms with van der Waals surface area (Å²) in [5, 5.41) is 14.3. The maximum atomic E-state index is 12.9. The maximum absolute atomic E-state index is 12.9. The molecule has 10 heteroatoms. The Labute approximate surface area is 177 Å². The maximum Gasteiger partial charge on any atom is 0.336 e. The second kappa shape index (κ2) is 10.6. The lowest BCUT2D eigenvalue weighted by Gasteiger charge is -2.31. The third kappa shape index (κ3) is 5.07. The van der Waals surface area contributed by atoms with Crippen molar-refractivity contribution in [2.75, 3.05) is 25.2 Å². The van der Waals surface area contributed by atoms with Gasteiger partial charge in [-0.15, -0.1) is 11.8 Å². The van der Waals surface area contributed by atoms with Gasteiger partial charge < -0.3 is 19.6 Å². The molecule has 2 rings (SSSR count). The van der Waals surface area contributed by atoms with E-state index in [9.17, 15) is 24.5 Å². The molecular formula is C20H22N2O7S. The molecular weight excluding hydrogens is 412 g/mol. The van der Waals surface area contributed by atoms with Gasteiger partial charge in [-0.25, -0.2) is 9.59 Å². The Morgan fingerprint density at radius 3 is 2.63 bits per heavy atom. The Morgan fingerprint density at radius 2 is 2.03 bits per heavy atom. The summed E-state index contributed by atoms with van der Waals surface area (Å²) in [5.74, 6) is -1.75. The number of ether oxygens (including phenoxy) is 2.